The third-order valence-electron chi connectivity index (χ3n) is 7.40. The van der Waals surface area contributed by atoms with Gasteiger partial charge in [0.1, 0.15) is 17.9 Å². The number of fused-ring (bicyclic) bond motifs is 2. The molecule has 1 aliphatic carbocycles. The number of nitrogens with one attached hydrogen (secondary N) is 1. The van der Waals surface area contributed by atoms with E-state index in [4.69, 9.17) is 4.74 Å². The smallest absolute Gasteiger partial charge is 0.317 e. The minimum Gasteiger partial charge on any atom is -0.372 e. The van der Waals surface area contributed by atoms with Gasteiger partial charge in [-0.25, -0.2) is 9.18 Å². The van der Waals surface area contributed by atoms with Crippen LogP contribution in [-0.4, -0.2) is 83.0 Å². The molecule has 1 aromatic rings. The van der Waals surface area contributed by atoms with E-state index in [-0.39, 0.29) is 42.4 Å². The standard InChI is InChI=1S/C24H31FN4O4/c25-17-8-6-16(7-9-17)15-33-19-12-20-22(30)28-11-10-27(14-21(28)23(31)29(20)13-19)24(32)26-18-4-2-1-3-5-18/h6-9,18-21H,1-5,10-15H2,(H,26,32). The maximum absolute atomic E-state index is 13.3. The lowest BCUT2D eigenvalue weighted by Gasteiger charge is -2.47. The van der Waals surface area contributed by atoms with Crippen LogP contribution in [0.2, 0.25) is 0 Å². The molecule has 1 aromatic carbocycles. The number of carbonyl (C=O) groups is 3. The third kappa shape index (κ3) is 4.55. The van der Waals surface area contributed by atoms with E-state index < -0.39 is 12.1 Å². The Hall–Kier alpha value is -2.68. The number of hydrogen-bond acceptors (Lipinski definition) is 4. The molecule has 3 aliphatic heterocycles. The number of benzene rings is 1. The molecule has 0 spiro atoms. The highest BCUT2D eigenvalue weighted by molar-refractivity contribution is 5.98. The minimum atomic E-state index is -0.629. The van der Waals surface area contributed by atoms with Crippen LogP contribution in [0, 0.1) is 5.82 Å². The van der Waals surface area contributed by atoms with Crippen molar-refractivity contribution >= 4 is 17.8 Å². The first kappa shape index (κ1) is 22.1. The molecule has 8 nitrogen and oxygen atoms in total. The summed E-state index contributed by atoms with van der Waals surface area (Å²) < 4.78 is 19.1. The van der Waals surface area contributed by atoms with Crippen LogP contribution in [0.3, 0.4) is 0 Å². The van der Waals surface area contributed by atoms with Gasteiger partial charge in [0.15, 0.2) is 0 Å². The molecule has 1 saturated carbocycles. The molecule has 4 aliphatic rings. The number of hydrogen-bond donors (Lipinski definition) is 1. The zero-order chi connectivity index (χ0) is 22.9. The Kier molecular flexibility index (Phi) is 6.23. The van der Waals surface area contributed by atoms with Crippen molar-refractivity contribution in [1.82, 2.24) is 20.0 Å². The zero-order valence-corrected chi connectivity index (χ0v) is 18.7. The first-order valence-electron chi connectivity index (χ1n) is 12.0. The molecule has 3 saturated heterocycles. The van der Waals surface area contributed by atoms with Crippen LogP contribution < -0.4 is 5.32 Å². The van der Waals surface area contributed by atoms with Gasteiger partial charge in [-0.2, -0.15) is 0 Å². The Morgan fingerprint density at radius 1 is 0.970 bits per heavy atom. The lowest BCUT2D eigenvalue weighted by Crippen LogP contribution is -2.69. The molecule has 4 amide bonds. The van der Waals surface area contributed by atoms with E-state index >= 15 is 0 Å². The van der Waals surface area contributed by atoms with Crippen molar-refractivity contribution in [2.45, 2.75) is 69.4 Å². The van der Waals surface area contributed by atoms with E-state index in [0.717, 1.165) is 31.2 Å². The first-order chi connectivity index (χ1) is 16.0. The molecule has 0 radical (unpaired) electrons. The second-order valence-electron chi connectivity index (χ2n) is 9.58. The summed E-state index contributed by atoms with van der Waals surface area (Å²) in [5.41, 5.74) is 0.843. The van der Waals surface area contributed by atoms with E-state index in [1.54, 1.807) is 26.8 Å². The maximum atomic E-state index is 13.3. The lowest BCUT2D eigenvalue weighted by atomic mass is 9.95. The van der Waals surface area contributed by atoms with Crippen LogP contribution in [0.15, 0.2) is 24.3 Å². The largest absolute Gasteiger partial charge is 0.372 e. The number of piperazine rings is 2. The highest BCUT2D eigenvalue weighted by Gasteiger charge is 2.52. The predicted octanol–water partition coefficient (Wildman–Crippen LogP) is 1.88. The third-order valence-corrected chi connectivity index (χ3v) is 7.40. The van der Waals surface area contributed by atoms with Crippen molar-refractivity contribution in [2.24, 2.45) is 0 Å². The number of ether oxygens (including phenoxy) is 1. The predicted molar refractivity (Wildman–Crippen MR) is 118 cm³/mol. The van der Waals surface area contributed by atoms with Crippen LogP contribution in [0.5, 0.6) is 0 Å². The molecule has 3 heterocycles. The van der Waals surface area contributed by atoms with E-state index in [0.29, 0.717) is 32.7 Å². The number of nitrogens with zero attached hydrogens (tertiary/aromatic N) is 3. The Bertz CT molecular complexity index is 904. The fraction of sp³-hybridized carbons (Fsp3) is 0.625. The second kappa shape index (κ2) is 9.29. The number of halogens is 1. The summed E-state index contributed by atoms with van der Waals surface area (Å²) in [5.74, 6) is -0.464. The van der Waals surface area contributed by atoms with Crippen LogP contribution in [0.25, 0.3) is 0 Å². The van der Waals surface area contributed by atoms with Crippen LogP contribution >= 0.6 is 0 Å². The van der Waals surface area contributed by atoms with Crippen molar-refractivity contribution < 1.29 is 23.5 Å². The molecule has 178 valence electrons. The minimum absolute atomic E-state index is 0.0557. The Labute approximate surface area is 193 Å². The number of urea groups is 1. The van der Waals surface area contributed by atoms with Gasteiger partial charge in [0.05, 0.1) is 19.3 Å². The van der Waals surface area contributed by atoms with Gasteiger partial charge in [0, 0.05) is 32.1 Å². The van der Waals surface area contributed by atoms with Crippen LogP contribution in [0.4, 0.5) is 9.18 Å². The van der Waals surface area contributed by atoms with Crippen molar-refractivity contribution in [3.05, 3.63) is 35.6 Å². The van der Waals surface area contributed by atoms with E-state index in [2.05, 4.69) is 5.32 Å². The summed E-state index contributed by atoms with van der Waals surface area (Å²) in [5, 5.41) is 3.11. The van der Waals surface area contributed by atoms with E-state index in [1.165, 1.54) is 18.6 Å². The Morgan fingerprint density at radius 2 is 1.70 bits per heavy atom. The lowest BCUT2D eigenvalue weighted by molar-refractivity contribution is -0.162. The molecular formula is C24H31FN4O4. The summed E-state index contributed by atoms with van der Waals surface area (Å²) in [6.45, 7) is 1.70. The fourth-order valence-corrected chi connectivity index (χ4v) is 5.53. The number of amides is 4. The van der Waals surface area contributed by atoms with Crippen LogP contribution in [0.1, 0.15) is 44.1 Å². The molecule has 4 fully saturated rings. The summed E-state index contributed by atoms with van der Waals surface area (Å²) in [4.78, 5) is 44.2. The van der Waals surface area contributed by atoms with Gasteiger partial charge in [-0.05, 0) is 30.5 Å². The van der Waals surface area contributed by atoms with Gasteiger partial charge >= 0.3 is 6.03 Å². The molecule has 0 bridgehead atoms. The molecule has 1 N–H and O–H groups in total. The topological polar surface area (TPSA) is 82.2 Å². The molecule has 33 heavy (non-hydrogen) atoms. The molecule has 3 atom stereocenters. The SMILES string of the molecule is O=C(NC1CCCCC1)N1CCN2C(=O)C3CC(OCc4ccc(F)cc4)CN3C(=O)C2C1. The Balaban J connectivity index is 1.19. The monoisotopic (exact) mass is 458 g/mol. The highest BCUT2D eigenvalue weighted by Crippen LogP contribution is 2.31. The average molecular weight is 459 g/mol. The van der Waals surface area contributed by atoms with Gasteiger partial charge < -0.3 is 24.8 Å². The highest BCUT2D eigenvalue weighted by atomic mass is 19.1. The summed E-state index contributed by atoms with van der Waals surface area (Å²) >= 11 is 0. The summed E-state index contributed by atoms with van der Waals surface area (Å²) in [6.07, 6.45) is 5.70. The van der Waals surface area contributed by atoms with Crippen molar-refractivity contribution in [1.29, 1.82) is 0 Å². The van der Waals surface area contributed by atoms with Crippen LogP contribution in [-0.2, 0) is 20.9 Å². The molecule has 3 unspecified atom stereocenters. The van der Waals surface area contributed by atoms with Gasteiger partial charge in [-0.3, -0.25) is 9.59 Å². The van der Waals surface area contributed by atoms with Crippen molar-refractivity contribution in [3.8, 4) is 0 Å². The quantitative estimate of drug-likeness (QED) is 0.747. The van der Waals surface area contributed by atoms with Crippen molar-refractivity contribution in [3.63, 3.8) is 0 Å². The van der Waals surface area contributed by atoms with Gasteiger partial charge in [-0.15, -0.1) is 0 Å². The van der Waals surface area contributed by atoms with E-state index in [9.17, 15) is 18.8 Å². The van der Waals surface area contributed by atoms with Gasteiger partial charge in [0.2, 0.25) is 11.8 Å². The summed E-state index contributed by atoms with van der Waals surface area (Å²) in [6, 6.07) is 5.04. The van der Waals surface area contributed by atoms with Gasteiger partial charge in [-0.1, -0.05) is 31.4 Å². The molecule has 0 aromatic heterocycles. The fourth-order valence-electron chi connectivity index (χ4n) is 5.53. The van der Waals surface area contributed by atoms with Gasteiger partial charge in [0.25, 0.3) is 0 Å². The number of carbonyl (C=O) groups excluding carboxylic acids is 3. The Morgan fingerprint density at radius 3 is 2.45 bits per heavy atom. The number of rotatable bonds is 4. The van der Waals surface area contributed by atoms with Crippen molar-refractivity contribution in [2.75, 3.05) is 26.2 Å². The zero-order valence-electron chi connectivity index (χ0n) is 18.7. The first-order valence-corrected chi connectivity index (χ1v) is 12.0. The molecule has 5 rings (SSSR count). The molecular weight excluding hydrogens is 427 g/mol. The molecule has 9 heteroatoms. The summed E-state index contributed by atoms with van der Waals surface area (Å²) in [7, 11) is 0. The maximum Gasteiger partial charge on any atom is 0.317 e. The normalized spacial score (nSPS) is 28.0. The second-order valence-corrected chi connectivity index (χ2v) is 9.58. The van der Waals surface area contributed by atoms with E-state index in [1.807, 2.05) is 0 Å². The average Bonchev–Trinajstić information content (AvgIpc) is 3.27.